The zero-order valence-corrected chi connectivity index (χ0v) is 11.0. The zero-order valence-electron chi connectivity index (χ0n) is 11.0. The summed E-state index contributed by atoms with van der Waals surface area (Å²) >= 11 is 0. The number of carboxylic acids is 1. The van der Waals surface area contributed by atoms with E-state index in [0.29, 0.717) is 25.3 Å². The quantitative estimate of drug-likeness (QED) is 0.671. The minimum absolute atomic E-state index is 0.0423. The van der Waals surface area contributed by atoms with Crippen molar-refractivity contribution in [2.75, 3.05) is 20.3 Å². The fourth-order valence-electron chi connectivity index (χ4n) is 1.53. The molecule has 0 unspecified atom stereocenters. The molecule has 106 valence electrons. The van der Waals surface area contributed by atoms with Gasteiger partial charge in [0.15, 0.2) is 5.69 Å². The molecule has 0 atom stereocenters. The van der Waals surface area contributed by atoms with Crippen LogP contribution in [0.3, 0.4) is 0 Å². The average Bonchev–Trinajstić information content (AvgIpc) is 2.76. The molecule has 1 aromatic heterocycles. The molecule has 0 aliphatic rings. The van der Waals surface area contributed by atoms with Gasteiger partial charge in [0, 0.05) is 20.1 Å². The Kier molecular flexibility index (Phi) is 5.94. The van der Waals surface area contributed by atoms with E-state index in [-0.39, 0.29) is 18.1 Å². The van der Waals surface area contributed by atoms with Crippen LogP contribution in [-0.4, -0.2) is 52.2 Å². The molecular formula is C11H18N4O4. The molecule has 19 heavy (non-hydrogen) atoms. The monoisotopic (exact) mass is 270 g/mol. The lowest BCUT2D eigenvalue weighted by Gasteiger charge is -2.07. The first-order chi connectivity index (χ1) is 9.10. The second-order valence-electron chi connectivity index (χ2n) is 3.94. The van der Waals surface area contributed by atoms with Crippen LogP contribution >= 0.6 is 0 Å². The van der Waals surface area contributed by atoms with Gasteiger partial charge in [0.05, 0.1) is 12.3 Å². The number of carboxylic acid groups (broad SMARTS) is 1. The first kappa shape index (κ1) is 15.1. The Hall–Kier alpha value is -1.96. The molecule has 8 nitrogen and oxygen atoms in total. The molecule has 8 heteroatoms. The third-order valence-corrected chi connectivity index (χ3v) is 2.45. The van der Waals surface area contributed by atoms with Gasteiger partial charge in [-0.15, -0.1) is 5.10 Å². The molecule has 0 fully saturated rings. The number of rotatable bonds is 8. The van der Waals surface area contributed by atoms with Crippen LogP contribution in [0.4, 0.5) is 0 Å². The van der Waals surface area contributed by atoms with Crippen LogP contribution in [0.1, 0.15) is 29.5 Å². The summed E-state index contributed by atoms with van der Waals surface area (Å²) < 4.78 is 6.21. The molecule has 0 spiro atoms. The topological polar surface area (TPSA) is 106 Å². The lowest BCUT2D eigenvalue weighted by molar-refractivity contribution is -0.121. The Bertz CT molecular complexity index is 444. The van der Waals surface area contributed by atoms with Gasteiger partial charge in [0.1, 0.15) is 6.54 Å². The van der Waals surface area contributed by atoms with Gasteiger partial charge in [0.2, 0.25) is 5.91 Å². The van der Waals surface area contributed by atoms with E-state index in [1.807, 2.05) is 6.92 Å². The van der Waals surface area contributed by atoms with Gasteiger partial charge in [-0.25, -0.2) is 9.48 Å². The molecule has 1 amide bonds. The van der Waals surface area contributed by atoms with E-state index in [9.17, 15) is 9.59 Å². The van der Waals surface area contributed by atoms with E-state index in [4.69, 9.17) is 9.84 Å². The third kappa shape index (κ3) is 4.32. The predicted octanol–water partition coefficient (Wildman–Crippen LogP) is -0.309. The number of carbonyl (C=O) groups excluding carboxylic acids is 1. The van der Waals surface area contributed by atoms with Crippen LogP contribution in [0, 0.1) is 0 Å². The smallest absolute Gasteiger partial charge is 0.358 e. The number of hydrogen-bond donors (Lipinski definition) is 2. The lowest BCUT2D eigenvalue weighted by atomic mass is 10.2. The van der Waals surface area contributed by atoms with Gasteiger partial charge in [-0.2, -0.15) is 0 Å². The predicted molar refractivity (Wildman–Crippen MR) is 65.9 cm³/mol. The van der Waals surface area contributed by atoms with Gasteiger partial charge in [-0.3, -0.25) is 4.79 Å². The van der Waals surface area contributed by atoms with Crippen molar-refractivity contribution in [3.63, 3.8) is 0 Å². The van der Waals surface area contributed by atoms with E-state index in [0.717, 1.165) is 6.42 Å². The number of ether oxygens (including phenoxy) is 1. The van der Waals surface area contributed by atoms with Crippen molar-refractivity contribution in [1.82, 2.24) is 20.3 Å². The first-order valence-corrected chi connectivity index (χ1v) is 6.01. The Labute approximate surface area is 110 Å². The molecule has 1 heterocycles. The SMILES string of the molecule is CCCNC(=O)Cn1nnc(C(=O)O)c1CCOC. The average molecular weight is 270 g/mol. The second-order valence-corrected chi connectivity index (χ2v) is 3.94. The summed E-state index contributed by atoms with van der Waals surface area (Å²) in [5, 5.41) is 19.0. The number of methoxy groups -OCH3 is 1. The number of nitrogens with one attached hydrogen (secondary N) is 1. The molecule has 2 N–H and O–H groups in total. The van der Waals surface area contributed by atoms with Crippen LogP contribution in [0.25, 0.3) is 0 Å². The highest BCUT2D eigenvalue weighted by molar-refractivity contribution is 5.86. The Balaban J connectivity index is 2.81. The summed E-state index contributed by atoms with van der Waals surface area (Å²) in [5.74, 6) is -1.38. The summed E-state index contributed by atoms with van der Waals surface area (Å²) in [4.78, 5) is 22.6. The lowest BCUT2D eigenvalue weighted by Crippen LogP contribution is -2.29. The van der Waals surface area contributed by atoms with Crippen molar-refractivity contribution in [1.29, 1.82) is 0 Å². The third-order valence-electron chi connectivity index (χ3n) is 2.45. The van der Waals surface area contributed by atoms with Crippen molar-refractivity contribution in [2.45, 2.75) is 26.3 Å². The highest BCUT2D eigenvalue weighted by Gasteiger charge is 2.19. The van der Waals surface area contributed by atoms with Gasteiger partial charge in [-0.05, 0) is 6.42 Å². The maximum atomic E-state index is 11.6. The van der Waals surface area contributed by atoms with E-state index >= 15 is 0 Å². The number of carbonyl (C=O) groups is 2. The Morgan fingerprint density at radius 2 is 2.21 bits per heavy atom. The van der Waals surface area contributed by atoms with Gasteiger partial charge < -0.3 is 15.2 Å². The van der Waals surface area contributed by atoms with E-state index in [1.165, 1.54) is 11.8 Å². The number of hydrogen-bond acceptors (Lipinski definition) is 5. The highest BCUT2D eigenvalue weighted by atomic mass is 16.5. The molecular weight excluding hydrogens is 252 g/mol. The standard InChI is InChI=1S/C11H18N4O4/c1-3-5-12-9(16)7-15-8(4-6-19-2)10(11(17)18)13-14-15/h3-7H2,1-2H3,(H,12,16)(H,17,18). The molecule has 1 aromatic rings. The highest BCUT2D eigenvalue weighted by Crippen LogP contribution is 2.07. The molecule has 0 radical (unpaired) electrons. The summed E-state index contributed by atoms with van der Waals surface area (Å²) in [5.41, 5.74) is 0.251. The fourth-order valence-corrected chi connectivity index (χ4v) is 1.53. The van der Waals surface area contributed by atoms with Crippen molar-refractivity contribution < 1.29 is 19.4 Å². The van der Waals surface area contributed by atoms with Gasteiger partial charge >= 0.3 is 5.97 Å². The molecule has 0 saturated carbocycles. The molecule has 1 rings (SSSR count). The normalized spacial score (nSPS) is 10.4. The summed E-state index contributed by atoms with van der Waals surface area (Å²) in [6.45, 7) is 2.82. The largest absolute Gasteiger partial charge is 0.476 e. The van der Waals surface area contributed by atoms with Crippen molar-refractivity contribution in [3.8, 4) is 0 Å². The van der Waals surface area contributed by atoms with Gasteiger partial charge in [0.25, 0.3) is 0 Å². The van der Waals surface area contributed by atoms with Crippen LogP contribution in [0.2, 0.25) is 0 Å². The number of amides is 1. The molecule has 0 bridgehead atoms. The molecule has 0 aromatic carbocycles. The second kappa shape index (κ2) is 7.47. The number of aromatic carboxylic acids is 1. The van der Waals surface area contributed by atoms with Crippen molar-refractivity contribution >= 4 is 11.9 Å². The van der Waals surface area contributed by atoms with E-state index < -0.39 is 5.97 Å². The van der Waals surface area contributed by atoms with Crippen molar-refractivity contribution in [2.24, 2.45) is 0 Å². The van der Waals surface area contributed by atoms with Gasteiger partial charge in [-0.1, -0.05) is 12.1 Å². The molecule has 0 aliphatic heterocycles. The molecule has 0 saturated heterocycles. The van der Waals surface area contributed by atoms with Crippen LogP contribution in [0.15, 0.2) is 0 Å². The minimum Gasteiger partial charge on any atom is -0.476 e. The Morgan fingerprint density at radius 3 is 2.79 bits per heavy atom. The maximum absolute atomic E-state index is 11.6. The summed E-state index contributed by atoms with van der Waals surface area (Å²) in [7, 11) is 1.52. The van der Waals surface area contributed by atoms with Crippen LogP contribution in [0.5, 0.6) is 0 Å². The first-order valence-electron chi connectivity index (χ1n) is 6.01. The molecule has 0 aliphatic carbocycles. The summed E-state index contributed by atoms with van der Waals surface area (Å²) in [6.07, 6.45) is 1.17. The maximum Gasteiger partial charge on any atom is 0.358 e. The minimum atomic E-state index is -1.16. The van der Waals surface area contributed by atoms with Crippen LogP contribution < -0.4 is 5.32 Å². The van der Waals surface area contributed by atoms with E-state index in [1.54, 1.807) is 0 Å². The van der Waals surface area contributed by atoms with E-state index in [2.05, 4.69) is 15.6 Å². The number of aromatic nitrogens is 3. The van der Waals surface area contributed by atoms with Crippen molar-refractivity contribution in [3.05, 3.63) is 11.4 Å². The Morgan fingerprint density at radius 1 is 1.47 bits per heavy atom. The number of nitrogens with zero attached hydrogens (tertiary/aromatic N) is 3. The zero-order chi connectivity index (χ0) is 14.3. The van der Waals surface area contributed by atoms with Crippen LogP contribution in [-0.2, 0) is 22.5 Å². The fraction of sp³-hybridized carbons (Fsp3) is 0.636. The summed E-state index contributed by atoms with van der Waals surface area (Å²) in [6, 6.07) is 0.